The molecule has 2 aromatic rings. The summed E-state index contributed by atoms with van der Waals surface area (Å²) in [6.07, 6.45) is 3.12. The molecule has 0 unspecified atom stereocenters. The van der Waals surface area contributed by atoms with Crippen LogP contribution in [0.25, 0.3) is 6.08 Å². The Hall–Kier alpha value is -3.72. The van der Waals surface area contributed by atoms with Gasteiger partial charge in [-0.3, -0.25) is 19.8 Å². The third-order valence-electron chi connectivity index (χ3n) is 4.01. The first kappa shape index (κ1) is 22.0. The fraction of sp³-hybridized carbons (Fsp3) is 0.0909. The molecule has 0 aliphatic carbocycles. The Labute approximate surface area is 182 Å². The van der Waals surface area contributed by atoms with Gasteiger partial charge in [-0.2, -0.15) is 0 Å². The van der Waals surface area contributed by atoms with Gasteiger partial charge in [0.25, 0.3) is 5.91 Å². The average Bonchev–Trinajstić information content (AvgIpc) is 3.07. The second-order valence-electron chi connectivity index (χ2n) is 6.29. The first-order valence-corrected chi connectivity index (χ1v) is 10.2. The Morgan fingerprint density at radius 3 is 2.52 bits per heavy atom. The second-order valence-corrected chi connectivity index (χ2v) is 7.23. The largest absolute Gasteiger partial charge is 0.334 e. The molecule has 1 aliphatic heterocycles. The number of halogens is 1. The van der Waals surface area contributed by atoms with Crippen molar-refractivity contribution >= 4 is 46.5 Å². The lowest BCUT2D eigenvalue weighted by molar-refractivity contribution is -0.117. The molecule has 1 heterocycles. The Bertz CT molecular complexity index is 1050. The minimum Gasteiger partial charge on any atom is -0.334 e. The van der Waals surface area contributed by atoms with E-state index in [4.69, 9.17) is 0 Å². The van der Waals surface area contributed by atoms with E-state index in [0.29, 0.717) is 5.69 Å². The Morgan fingerprint density at radius 1 is 1.13 bits per heavy atom. The minimum atomic E-state index is -0.644. The van der Waals surface area contributed by atoms with Gasteiger partial charge in [0.2, 0.25) is 5.91 Å². The van der Waals surface area contributed by atoms with E-state index in [1.807, 2.05) is 30.3 Å². The van der Waals surface area contributed by atoms with E-state index in [-0.39, 0.29) is 23.2 Å². The predicted octanol–water partition coefficient (Wildman–Crippen LogP) is 3.31. The highest BCUT2D eigenvalue weighted by atomic mass is 32.2. The molecule has 2 aromatic carbocycles. The van der Waals surface area contributed by atoms with E-state index >= 15 is 0 Å². The number of amides is 4. The first-order valence-electron chi connectivity index (χ1n) is 9.25. The highest BCUT2D eigenvalue weighted by molar-refractivity contribution is 8.14. The number of carbonyl (C=O) groups excluding carboxylic acids is 3. The lowest BCUT2D eigenvalue weighted by Gasteiger charge is -2.17. The Balaban J connectivity index is 1.79. The molecular formula is C22H19FN4O3S. The summed E-state index contributed by atoms with van der Waals surface area (Å²) in [5.41, 5.74) is 1.39. The van der Waals surface area contributed by atoms with Crippen LogP contribution in [-0.2, 0) is 9.59 Å². The lowest BCUT2D eigenvalue weighted by Crippen LogP contribution is -2.40. The normalized spacial score (nSPS) is 14.4. The van der Waals surface area contributed by atoms with Crippen molar-refractivity contribution in [3.05, 3.63) is 84.3 Å². The number of hydrogen-bond donors (Lipinski definition) is 2. The van der Waals surface area contributed by atoms with Gasteiger partial charge in [-0.1, -0.05) is 48.2 Å². The van der Waals surface area contributed by atoms with Crippen molar-refractivity contribution in [1.82, 2.24) is 10.6 Å². The summed E-state index contributed by atoms with van der Waals surface area (Å²) >= 11 is 0.991. The van der Waals surface area contributed by atoms with Crippen molar-refractivity contribution in [2.75, 3.05) is 17.2 Å². The van der Waals surface area contributed by atoms with Crippen molar-refractivity contribution in [3.63, 3.8) is 0 Å². The number of nitrogens with zero attached hydrogens (tertiary/aromatic N) is 2. The molecule has 0 radical (unpaired) electrons. The molecule has 3 rings (SSSR count). The smallest absolute Gasteiger partial charge is 0.321 e. The van der Waals surface area contributed by atoms with Crippen LogP contribution >= 0.6 is 11.8 Å². The van der Waals surface area contributed by atoms with Crippen LogP contribution < -0.4 is 15.5 Å². The zero-order valence-electron chi connectivity index (χ0n) is 16.4. The molecule has 0 bridgehead atoms. The van der Waals surface area contributed by atoms with E-state index in [9.17, 15) is 18.8 Å². The highest BCUT2D eigenvalue weighted by Crippen LogP contribution is 2.29. The molecule has 0 aromatic heterocycles. The standard InChI is InChI=1S/C22H19FN4O3S/c1-2-12-24-21(30)26-19(28)14-31-22-25-18(13-15-6-4-3-5-7-15)20(29)27(22)17-10-8-16(23)9-11-17/h2-11,13H,1,12,14H2,(H2,24,26,28,30). The zero-order chi connectivity index (χ0) is 22.2. The number of rotatable bonds is 6. The van der Waals surface area contributed by atoms with Crippen LogP contribution in [0.4, 0.5) is 14.9 Å². The van der Waals surface area contributed by atoms with Crippen LogP contribution in [0.1, 0.15) is 5.56 Å². The van der Waals surface area contributed by atoms with E-state index < -0.39 is 23.7 Å². The number of thioether (sulfide) groups is 1. The molecule has 2 N–H and O–H groups in total. The van der Waals surface area contributed by atoms with Crippen molar-refractivity contribution < 1.29 is 18.8 Å². The maximum absolute atomic E-state index is 13.3. The average molecular weight is 438 g/mol. The van der Waals surface area contributed by atoms with Crippen molar-refractivity contribution in [2.45, 2.75) is 0 Å². The number of hydrogen-bond acceptors (Lipinski definition) is 5. The number of urea groups is 1. The summed E-state index contributed by atoms with van der Waals surface area (Å²) in [4.78, 5) is 42.4. The lowest BCUT2D eigenvalue weighted by atomic mass is 10.2. The van der Waals surface area contributed by atoms with Crippen LogP contribution in [0.5, 0.6) is 0 Å². The summed E-state index contributed by atoms with van der Waals surface area (Å²) in [6.45, 7) is 3.70. The molecule has 0 fully saturated rings. The zero-order valence-corrected chi connectivity index (χ0v) is 17.2. The maximum Gasteiger partial charge on any atom is 0.321 e. The highest BCUT2D eigenvalue weighted by Gasteiger charge is 2.32. The van der Waals surface area contributed by atoms with E-state index in [1.165, 1.54) is 35.2 Å². The Kier molecular flexibility index (Phi) is 7.34. The number of benzene rings is 2. The molecule has 0 saturated heterocycles. The third kappa shape index (κ3) is 5.89. The number of anilines is 1. The SMILES string of the molecule is C=CCNC(=O)NC(=O)CSC1=NC(=Cc2ccccc2)C(=O)N1c1ccc(F)cc1. The van der Waals surface area contributed by atoms with Crippen molar-refractivity contribution in [1.29, 1.82) is 0 Å². The molecule has 4 amide bonds. The molecule has 7 nitrogen and oxygen atoms in total. The molecule has 0 atom stereocenters. The number of nitrogens with one attached hydrogen (secondary N) is 2. The second kappa shape index (κ2) is 10.4. The Morgan fingerprint density at radius 2 is 1.84 bits per heavy atom. The predicted molar refractivity (Wildman–Crippen MR) is 120 cm³/mol. The van der Waals surface area contributed by atoms with Crippen LogP contribution in [0.2, 0.25) is 0 Å². The van der Waals surface area contributed by atoms with E-state index in [0.717, 1.165) is 17.3 Å². The van der Waals surface area contributed by atoms with Crippen LogP contribution in [0.15, 0.2) is 77.9 Å². The van der Waals surface area contributed by atoms with Crippen molar-refractivity contribution in [2.24, 2.45) is 4.99 Å². The van der Waals surface area contributed by atoms with Gasteiger partial charge in [0.15, 0.2) is 5.17 Å². The van der Waals surface area contributed by atoms with Gasteiger partial charge in [-0.15, -0.1) is 6.58 Å². The number of carbonyl (C=O) groups is 3. The van der Waals surface area contributed by atoms with Gasteiger partial charge in [-0.25, -0.2) is 14.2 Å². The van der Waals surface area contributed by atoms with Crippen LogP contribution in [-0.4, -0.2) is 35.3 Å². The fourth-order valence-corrected chi connectivity index (χ4v) is 3.43. The van der Waals surface area contributed by atoms with Gasteiger partial charge < -0.3 is 5.32 Å². The molecule has 1 aliphatic rings. The number of imide groups is 1. The molecule has 9 heteroatoms. The summed E-state index contributed by atoms with van der Waals surface area (Å²) < 4.78 is 13.3. The molecule has 0 saturated carbocycles. The topological polar surface area (TPSA) is 90.9 Å². The summed E-state index contributed by atoms with van der Waals surface area (Å²) in [5.74, 6) is -1.54. The molecule has 0 spiro atoms. The number of aliphatic imine (C=N–C) groups is 1. The van der Waals surface area contributed by atoms with Gasteiger partial charge >= 0.3 is 6.03 Å². The maximum atomic E-state index is 13.3. The van der Waals surface area contributed by atoms with E-state index in [1.54, 1.807) is 6.08 Å². The van der Waals surface area contributed by atoms with Gasteiger partial charge in [-0.05, 0) is 35.9 Å². The molecular weight excluding hydrogens is 419 g/mol. The van der Waals surface area contributed by atoms with Gasteiger partial charge in [0.05, 0.1) is 11.4 Å². The summed E-state index contributed by atoms with van der Waals surface area (Å²) in [5, 5.41) is 4.87. The van der Waals surface area contributed by atoms with Crippen molar-refractivity contribution in [3.8, 4) is 0 Å². The third-order valence-corrected chi connectivity index (χ3v) is 4.95. The van der Waals surface area contributed by atoms with E-state index in [2.05, 4.69) is 22.2 Å². The first-order chi connectivity index (χ1) is 15.0. The van der Waals surface area contributed by atoms with Crippen LogP contribution in [0, 0.1) is 5.82 Å². The van der Waals surface area contributed by atoms with Crippen LogP contribution in [0.3, 0.4) is 0 Å². The minimum absolute atomic E-state index is 0.149. The molecule has 31 heavy (non-hydrogen) atoms. The summed E-state index contributed by atoms with van der Waals surface area (Å²) in [7, 11) is 0. The quantitative estimate of drug-likeness (QED) is 0.535. The molecule has 158 valence electrons. The number of amidine groups is 1. The van der Waals surface area contributed by atoms with Gasteiger partial charge in [0.1, 0.15) is 11.5 Å². The fourth-order valence-electron chi connectivity index (χ4n) is 2.62. The van der Waals surface area contributed by atoms with Gasteiger partial charge in [0, 0.05) is 6.54 Å². The summed E-state index contributed by atoms with van der Waals surface area (Å²) in [6, 6.07) is 13.9. The monoisotopic (exact) mass is 438 g/mol.